The molecule has 0 spiro atoms. The summed E-state index contributed by atoms with van der Waals surface area (Å²) in [5.74, 6) is 0.338. The van der Waals surface area contributed by atoms with Crippen molar-refractivity contribution in [2.75, 3.05) is 43.1 Å². The van der Waals surface area contributed by atoms with Gasteiger partial charge in [-0.15, -0.1) is 0 Å². The first-order valence-electron chi connectivity index (χ1n) is 10.7. The minimum absolute atomic E-state index is 0.0810. The molecule has 10 nitrogen and oxygen atoms in total. The summed E-state index contributed by atoms with van der Waals surface area (Å²) in [6, 6.07) is 14.6. The van der Waals surface area contributed by atoms with Crippen LogP contribution >= 0.6 is 0 Å². The van der Waals surface area contributed by atoms with E-state index in [0.717, 1.165) is 37.6 Å². The highest BCUT2D eigenvalue weighted by molar-refractivity contribution is 5.92. The fourth-order valence-electron chi connectivity index (χ4n) is 3.48. The van der Waals surface area contributed by atoms with E-state index in [1.165, 1.54) is 13.0 Å². The lowest BCUT2D eigenvalue weighted by molar-refractivity contribution is -0.386. The number of carbonyl (C=O) groups excluding carboxylic acids is 1. The SMILES string of the molecule is Cc1noc(/C=C/c2ccc(OCC(=O)Nc3ccc(N4CCOCC4)cc3)cc2)c1[N+](=O)[O-]. The highest BCUT2D eigenvalue weighted by atomic mass is 16.6. The summed E-state index contributed by atoms with van der Waals surface area (Å²) in [4.78, 5) is 25.1. The average Bonchev–Trinajstić information content (AvgIpc) is 3.23. The number of amides is 1. The first kappa shape index (κ1) is 23.0. The van der Waals surface area contributed by atoms with Crippen LogP contribution in [0.15, 0.2) is 53.1 Å². The monoisotopic (exact) mass is 464 g/mol. The molecule has 1 aromatic heterocycles. The molecule has 0 aliphatic carbocycles. The summed E-state index contributed by atoms with van der Waals surface area (Å²) in [6.45, 7) is 4.53. The molecule has 1 fully saturated rings. The molecule has 0 bridgehead atoms. The van der Waals surface area contributed by atoms with Gasteiger partial charge in [0.2, 0.25) is 5.76 Å². The van der Waals surface area contributed by atoms with Crippen LogP contribution in [0.3, 0.4) is 0 Å². The standard InChI is InChI=1S/C24H24N4O6/c1-17-24(28(30)31)22(34-26-17)11-4-18-2-9-21(10-3-18)33-16-23(29)25-19-5-7-20(8-6-19)27-12-14-32-15-13-27/h2-11H,12-16H2,1H3,(H,25,29)/b11-4+. The van der Waals surface area contributed by atoms with Gasteiger partial charge in [-0.2, -0.15) is 0 Å². The number of aromatic nitrogens is 1. The van der Waals surface area contributed by atoms with Gasteiger partial charge in [0.05, 0.1) is 18.1 Å². The predicted molar refractivity (Wildman–Crippen MR) is 127 cm³/mol. The molecular formula is C24H24N4O6. The number of morpholine rings is 1. The van der Waals surface area contributed by atoms with Gasteiger partial charge in [0, 0.05) is 24.5 Å². The molecular weight excluding hydrogens is 440 g/mol. The highest BCUT2D eigenvalue weighted by Crippen LogP contribution is 2.25. The van der Waals surface area contributed by atoms with Crippen LogP contribution in [0.5, 0.6) is 5.75 Å². The molecule has 2 aromatic carbocycles. The van der Waals surface area contributed by atoms with Crippen LogP contribution in [0.25, 0.3) is 12.2 Å². The molecule has 1 saturated heterocycles. The van der Waals surface area contributed by atoms with Crippen LogP contribution < -0.4 is 15.0 Å². The Morgan fingerprint density at radius 1 is 1.15 bits per heavy atom. The number of nitrogens with one attached hydrogen (secondary N) is 1. The molecule has 0 saturated carbocycles. The van der Waals surface area contributed by atoms with Crippen molar-refractivity contribution in [2.24, 2.45) is 0 Å². The van der Waals surface area contributed by atoms with Crippen molar-refractivity contribution in [1.82, 2.24) is 5.16 Å². The molecule has 0 atom stereocenters. The number of aryl methyl sites for hydroxylation is 1. The van der Waals surface area contributed by atoms with Crippen molar-refractivity contribution >= 4 is 35.1 Å². The van der Waals surface area contributed by atoms with Crippen molar-refractivity contribution in [3.05, 3.63) is 75.7 Å². The minimum Gasteiger partial charge on any atom is -0.484 e. The van der Waals surface area contributed by atoms with Crippen molar-refractivity contribution in [2.45, 2.75) is 6.92 Å². The molecule has 1 aliphatic heterocycles. The van der Waals surface area contributed by atoms with E-state index in [2.05, 4.69) is 15.4 Å². The molecule has 1 aliphatic rings. The Morgan fingerprint density at radius 2 is 1.85 bits per heavy atom. The fourth-order valence-corrected chi connectivity index (χ4v) is 3.48. The van der Waals surface area contributed by atoms with E-state index in [1.807, 2.05) is 24.3 Å². The number of nitro groups is 1. The van der Waals surface area contributed by atoms with Crippen LogP contribution in [0.2, 0.25) is 0 Å². The van der Waals surface area contributed by atoms with Crippen LogP contribution in [0, 0.1) is 17.0 Å². The molecule has 176 valence electrons. The second-order valence-corrected chi connectivity index (χ2v) is 7.62. The second kappa shape index (κ2) is 10.6. The molecule has 1 amide bonds. The lowest BCUT2D eigenvalue weighted by atomic mass is 10.2. The smallest absolute Gasteiger partial charge is 0.338 e. The molecule has 0 radical (unpaired) electrons. The van der Waals surface area contributed by atoms with Gasteiger partial charge in [0.1, 0.15) is 5.75 Å². The summed E-state index contributed by atoms with van der Waals surface area (Å²) in [6.07, 6.45) is 3.16. The molecule has 4 rings (SSSR count). The summed E-state index contributed by atoms with van der Waals surface area (Å²) in [5.41, 5.74) is 2.64. The zero-order chi connectivity index (χ0) is 23.9. The number of benzene rings is 2. The van der Waals surface area contributed by atoms with E-state index in [9.17, 15) is 14.9 Å². The van der Waals surface area contributed by atoms with Crippen LogP contribution in [0.4, 0.5) is 17.1 Å². The number of ether oxygens (including phenoxy) is 2. The van der Waals surface area contributed by atoms with E-state index < -0.39 is 4.92 Å². The third-order valence-corrected chi connectivity index (χ3v) is 5.24. The average molecular weight is 464 g/mol. The van der Waals surface area contributed by atoms with Crippen molar-refractivity contribution in [3.8, 4) is 5.75 Å². The maximum atomic E-state index is 12.2. The quantitative estimate of drug-likeness (QED) is 0.393. The Morgan fingerprint density at radius 3 is 2.53 bits per heavy atom. The first-order valence-corrected chi connectivity index (χ1v) is 10.7. The Kier molecular flexibility index (Phi) is 7.19. The molecule has 2 heterocycles. The molecule has 1 N–H and O–H groups in total. The zero-order valence-electron chi connectivity index (χ0n) is 18.6. The predicted octanol–water partition coefficient (Wildman–Crippen LogP) is 3.92. The Labute approximate surface area is 195 Å². The van der Waals surface area contributed by atoms with Gasteiger partial charge in [0.25, 0.3) is 5.91 Å². The molecule has 34 heavy (non-hydrogen) atoms. The van der Waals surface area contributed by atoms with Crippen molar-refractivity contribution < 1.29 is 23.7 Å². The largest absolute Gasteiger partial charge is 0.484 e. The number of rotatable bonds is 8. The van der Waals surface area contributed by atoms with Crippen molar-refractivity contribution in [3.63, 3.8) is 0 Å². The molecule has 3 aromatic rings. The Bertz CT molecular complexity index is 1170. The molecule has 0 unspecified atom stereocenters. The third-order valence-electron chi connectivity index (χ3n) is 5.24. The lowest BCUT2D eigenvalue weighted by Gasteiger charge is -2.28. The first-order chi connectivity index (χ1) is 16.5. The second-order valence-electron chi connectivity index (χ2n) is 7.62. The number of carbonyl (C=O) groups is 1. The van der Waals surface area contributed by atoms with E-state index in [1.54, 1.807) is 30.3 Å². The summed E-state index contributed by atoms with van der Waals surface area (Å²) in [7, 11) is 0. The van der Waals surface area contributed by atoms with E-state index >= 15 is 0 Å². The number of nitrogens with zero attached hydrogens (tertiary/aromatic N) is 3. The topological polar surface area (TPSA) is 120 Å². The summed E-state index contributed by atoms with van der Waals surface area (Å²) in [5, 5.41) is 17.5. The van der Waals surface area contributed by atoms with Gasteiger partial charge in [-0.25, -0.2) is 0 Å². The van der Waals surface area contributed by atoms with Crippen LogP contribution in [0.1, 0.15) is 17.0 Å². The zero-order valence-corrected chi connectivity index (χ0v) is 18.6. The Hall–Kier alpha value is -4.18. The van der Waals surface area contributed by atoms with Gasteiger partial charge in [-0.1, -0.05) is 23.4 Å². The van der Waals surface area contributed by atoms with Crippen molar-refractivity contribution in [1.29, 1.82) is 0 Å². The number of anilines is 2. The molecule has 10 heteroatoms. The summed E-state index contributed by atoms with van der Waals surface area (Å²) >= 11 is 0. The fraction of sp³-hybridized carbons (Fsp3) is 0.250. The van der Waals surface area contributed by atoms with Gasteiger partial charge >= 0.3 is 5.69 Å². The van der Waals surface area contributed by atoms with E-state index in [4.69, 9.17) is 14.0 Å². The maximum Gasteiger partial charge on any atom is 0.338 e. The lowest BCUT2D eigenvalue weighted by Crippen LogP contribution is -2.36. The van der Waals surface area contributed by atoms with Gasteiger partial charge in [-0.05, 0) is 55.0 Å². The van der Waals surface area contributed by atoms with E-state index in [-0.39, 0.29) is 29.7 Å². The maximum absolute atomic E-state index is 12.2. The van der Waals surface area contributed by atoms with Gasteiger partial charge < -0.3 is 24.2 Å². The normalized spacial score (nSPS) is 13.7. The van der Waals surface area contributed by atoms with Gasteiger partial charge in [0.15, 0.2) is 12.3 Å². The number of hydrogen-bond donors (Lipinski definition) is 1. The van der Waals surface area contributed by atoms with Crippen LogP contribution in [-0.2, 0) is 9.53 Å². The minimum atomic E-state index is -0.522. The highest BCUT2D eigenvalue weighted by Gasteiger charge is 2.21. The Balaban J connectivity index is 1.27. The van der Waals surface area contributed by atoms with Crippen LogP contribution in [-0.4, -0.2) is 48.9 Å². The third kappa shape index (κ3) is 5.78. The van der Waals surface area contributed by atoms with Gasteiger partial charge in [-0.3, -0.25) is 14.9 Å². The summed E-state index contributed by atoms with van der Waals surface area (Å²) < 4.78 is 15.9. The van der Waals surface area contributed by atoms with E-state index in [0.29, 0.717) is 11.4 Å². The number of hydrogen-bond acceptors (Lipinski definition) is 8.